The second kappa shape index (κ2) is 6.07. The van der Waals surface area contributed by atoms with Crippen molar-refractivity contribution < 1.29 is 0 Å². The van der Waals surface area contributed by atoms with Crippen LogP contribution < -0.4 is 16.2 Å². The molecule has 0 bridgehead atoms. The van der Waals surface area contributed by atoms with Gasteiger partial charge in [0, 0.05) is 37.8 Å². The molecule has 0 atom stereocenters. The zero-order valence-electron chi connectivity index (χ0n) is 12.2. The fourth-order valence-electron chi connectivity index (χ4n) is 2.42. The summed E-state index contributed by atoms with van der Waals surface area (Å²) in [5.41, 5.74) is 3.63. The summed E-state index contributed by atoms with van der Waals surface area (Å²) in [4.78, 5) is 13.7. The molecule has 1 saturated heterocycles. The number of likely N-dealkylation sites (N-methyl/N-ethyl adjacent to an activating group) is 1. The van der Waals surface area contributed by atoms with Crippen molar-refractivity contribution in [3.8, 4) is 11.4 Å². The third-order valence-corrected chi connectivity index (χ3v) is 3.72. The van der Waals surface area contributed by atoms with Gasteiger partial charge in [0.25, 0.3) is 0 Å². The van der Waals surface area contributed by atoms with Gasteiger partial charge < -0.3 is 15.2 Å². The fraction of sp³-hybridized carbons (Fsp3) is 0.333. The maximum atomic E-state index is 5.55. The molecule has 21 heavy (non-hydrogen) atoms. The first kappa shape index (κ1) is 13.8. The number of hydrogen-bond acceptors (Lipinski definition) is 6. The van der Waals surface area contributed by atoms with Crippen LogP contribution in [0.5, 0.6) is 0 Å². The lowest BCUT2D eigenvalue weighted by molar-refractivity contribution is 0.312. The van der Waals surface area contributed by atoms with Gasteiger partial charge in [-0.2, -0.15) is 0 Å². The Balaban J connectivity index is 1.94. The number of aromatic nitrogens is 2. The van der Waals surface area contributed by atoms with Gasteiger partial charge in [0.2, 0.25) is 0 Å². The Morgan fingerprint density at radius 1 is 1.05 bits per heavy atom. The number of anilines is 2. The quantitative estimate of drug-likeness (QED) is 0.651. The van der Waals surface area contributed by atoms with E-state index in [0.717, 1.165) is 37.6 Å². The Morgan fingerprint density at radius 3 is 2.43 bits per heavy atom. The van der Waals surface area contributed by atoms with Crippen LogP contribution in [-0.2, 0) is 0 Å². The maximum absolute atomic E-state index is 5.55. The van der Waals surface area contributed by atoms with E-state index in [4.69, 9.17) is 10.8 Å². The van der Waals surface area contributed by atoms with Crippen molar-refractivity contribution in [2.24, 2.45) is 5.84 Å². The minimum Gasteiger partial charge on any atom is -0.354 e. The van der Waals surface area contributed by atoms with Gasteiger partial charge in [-0.25, -0.2) is 15.8 Å². The molecule has 6 heteroatoms. The summed E-state index contributed by atoms with van der Waals surface area (Å²) in [6.07, 6.45) is 0. The van der Waals surface area contributed by atoms with Gasteiger partial charge in [-0.1, -0.05) is 30.3 Å². The van der Waals surface area contributed by atoms with Crippen LogP contribution in [0.25, 0.3) is 11.4 Å². The molecular weight excluding hydrogens is 264 g/mol. The normalized spacial score (nSPS) is 16.0. The third kappa shape index (κ3) is 3.12. The Morgan fingerprint density at radius 2 is 1.76 bits per heavy atom. The van der Waals surface area contributed by atoms with Gasteiger partial charge in [0.05, 0.1) is 0 Å². The lowest BCUT2D eigenvalue weighted by Gasteiger charge is -2.33. The van der Waals surface area contributed by atoms with E-state index in [1.54, 1.807) is 0 Å². The second-order valence-corrected chi connectivity index (χ2v) is 5.24. The average Bonchev–Trinajstić information content (AvgIpc) is 2.56. The van der Waals surface area contributed by atoms with Crippen molar-refractivity contribution in [2.75, 3.05) is 43.6 Å². The molecule has 1 aliphatic heterocycles. The average molecular weight is 284 g/mol. The molecule has 0 amide bonds. The van der Waals surface area contributed by atoms with E-state index < -0.39 is 0 Å². The van der Waals surface area contributed by atoms with Crippen LogP contribution in [0.1, 0.15) is 0 Å². The van der Waals surface area contributed by atoms with E-state index in [2.05, 4.69) is 27.3 Å². The van der Waals surface area contributed by atoms with Crippen molar-refractivity contribution >= 4 is 11.6 Å². The zero-order chi connectivity index (χ0) is 14.7. The van der Waals surface area contributed by atoms with Crippen molar-refractivity contribution in [1.82, 2.24) is 14.9 Å². The van der Waals surface area contributed by atoms with Gasteiger partial charge >= 0.3 is 0 Å². The first-order valence-corrected chi connectivity index (χ1v) is 7.11. The highest BCUT2D eigenvalue weighted by atomic mass is 15.3. The molecule has 3 N–H and O–H groups in total. The largest absolute Gasteiger partial charge is 0.354 e. The first-order chi connectivity index (χ1) is 10.3. The van der Waals surface area contributed by atoms with Crippen molar-refractivity contribution in [1.29, 1.82) is 0 Å². The fourth-order valence-corrected chi connectivity index (χ4v) is 2.42. The van der Waals surface area contributed by atoms with Crippen molar-refractivity contribution in [2.45, 2.75) is 0 Å². The smallest absolute Gasteiger partial charge is 0.163 e. The van der Waals surface area contributed by atoms with Crippen LogP contribution in [0.15, 0.2) is 36.4 Å². The van der Waals surface area contributed by atoms with Gasteiger partial charge in [-0.05, 0) is 7.05 Å². The number of nitrogen functional groups attached to an aromatic ring is 1. The summed E-state index contributed by atoms with van der Waals surface area (Å²) in [7, 11) is 2.14. The van der Waals surface area contributed by atoms with E-state index >= 15 is 0 Å². The van der Waals surface area contributed by atoms with Gasteiger partial charge in [-0.3, -0.25) is 0 Å². The van der Waals surface area contributed by atoms with E-state index in [0.29, 0.717) is 11.6 Å². The number of nitrogens with one attached hydrogen (secondary N) is 1. The molecule has 0 spiro atoms. The van der Waals surface area contributed by atoms with Crippen LogP contribution in [0.3, 0.4) is 0 Å². The van der Waals surface area contributed by atoms with Crippen LogP contribution in [0, 0.1) is 0 Å². The van der Waals surface area contributed by atoms with E-state index in [-0.39, 0.29) is 0 Å². The van der Waals surface area contributed by atoms with Crippen LogP contribution in [0.2, 0.25) is 0 Å². The summed E-state index contributed by atoms with van der Waals surface area (Å²) < 4.78 is 0. The predicted molar refractivity (Wildman–Crippen MR) is 85.0 cm³/mol. The molecule has 110 valence electrons. The highest BCUT2D eigenvalue weighted by Crippen LogP contribution is 2.22. The van der Waals surface area contributed by atoms with Gasteiger partial charge in [0.15, 0.2) is 5.82 Å². The number of nitrogens with zero attached hydrogens (tertiary/aromatic N) is 4. The van der Waals surface area contributed by atoms with Crippen LogP contribution in [-0.4, -0.2) is 48.1 Å². The Bertz CT molecular complexity index is 592. The van der Waals surface area contributed by atoms with Crippen LogP contribution >= 0.6 is 0 Å². The van der Waals surface area contributed by atoms with Crippen molar-refractivity contribution in [3.63, 3.8) is 0 Å². The zero-order valence-corrected chi connectivity index (χ0v) is 12.2. The maximum Gasteiger partial charge on any atom is 0.163 e. The molecular formula is C15H20N6. The summed E-state index contributed by atoms with van der Waals surface area (Å²) in [5.74, 6) is 7.80. The lowest BCUT2D eigenvalue weighted by atomic mass is 10.2. The van der Waals surface area contributed by atoms with Crippen molar-refractivity contribution in [3.05, 3.63) is 36.4 Å². The summed E-state index contributed by atoms with van der Waals surface area (Å²) in [5, 5.41) is 0. The monoisotopic (exact) mass is 284 g/mol. The molecule has 0 unspecified atom stereocenters. The molecule has 1 fully saturated rings. The molecule has 1 aliphatic rings. The molecule has 1 aromatic heterocycles. The topological polar surface area (TPSA) is 70.3 Å². The molecule has 0 radical (unpaired) electrons. The molecule has 3 rings (SSSR count). The molecule has 6 nitrogen and oxygen atoms in total. The molecule has 0 saturated carbocycles. The Labute approximate surface area is 124 Å². The number of rotatable bonds is 3. The van der Waals surface area contributed by atoms with Gasteiger partial charge in [0.1, 0.15) is 11.6 Å². The summed E-state index contributed by atoms with van der Waals surface area (Å²) in [6, 6.07) is 11.9. The number of hydrazine groups is 1. The lowest BCUT2D eigenvalue weighted by Crippen LogP contribution is -2.44. The SMILES string of the molecule is CN1CCN(c2cc(NN)nc(-c3ccccc3)n2)CC1. The van der Waals surface area contributed by atoms with E-state index in [1.165, 1.54) is 0 Å². The van der Waals surface area contributed by atoms with Crippen LogP contribution in [0.4, 0.5) is 11.6 Å². The summed E-state index contributed by atoms with van der Waals surface area (Å²) >= 11 is 0. The molecule has 1 aromatic carbocycles. The number of hydrogen-bond donors (Lipinski definition) is 2. The minimum atomic E-state index is 0.637. The first-order valence-electron chi connectivity index (χ1n) is 7.11. The summed E-state index contributed by atoms with van der Waals surface area (Å²) in [6.45, 7) is 4.00. The minimum absolute atomic E-state index is 0.637. The Hall–Kier alpha value is -2.18. The van der Waals surface area contributed by atoms with Gasteiger partial charge in [-0.15, -0.1) is 0 Å². The molecule has 0 aliphatic carbocycles. The molecule has 2 aromatic rings. The van der Waals surface area contributed by atoms with E-state index in [1.807, 2.05) is 36.4 Å². The standard InChI is InChI=1S/C15H20N6/c1-20-7-9-21(10-8-20)14-11-13(19-16)17-15(18-14)12-5-3-2-4-6-12/h2-6,11H,7-10,16H2,1H3,(H,17,18,19). The number of nitrogens with two attached hydrogens (primary N) is 1. The molecule has 2 heterocycles. The van der Waals surface area contributed by atoms with E-state index in [9.17, 15) is 0 Å². The number of benzene rings is 1. The highest BCUT2D eigenvalue weighted by molar-refractivity contribution is 5.61. The highest BCUT2D eigenvalue weighted by Gasteiger charge is 2.17. The third-order valence-electron chi connectivity index (χ3n) is 3.72. The Kier molecular flexibility index (Phi) is 3.98. The number of piperazine rings is 1. The second-order valence-electron chi connectivity index (χ2n) is 5.24. The predicted octanol–water partition coefficient (Wildman–Crippen LogP) is 1.18.